The summed E-state index contributed by atoms with van der Waals surface area (Å²) in [7, 11) is 3.63. The first-order valence-corrected chi connectivity index (χ1v) is 5.98. The first-order chi connectivity index (χ1) is 9.45. The second kappa shape index (κ2) is 5.66. The highest BCUT2D eigenvalue weighted by molar-refractivity contribution is 5.96. The number of rotatable bonds is 6. The van der Waals surface area contributed by atoms with E-state index in [4.69, 9.17) is 0 Å². The van der Waals surface area contributed by atoms with Crippen LogP contribution in [0.1, 0.15) is 16.1 Å². The number of hydrogen-bond donors (Lipinski definition) is 1. The van der Waals surface area contributed by atoms with Gasteiger partial charge in [0.15, 0.2) is 5.78 Å². The van der Waals surface area contributed by atoms with Gasteiger partial charge in [-0.1, -0.05) is 0 Å². The number of ketones is 1. The number of carbonyl (C=O) groups excluding carboxylic acids is 1. The smallest absolute Gasteiger partial charge is 0.287 e. The average Bonchev–Trinajstić information content (AvgIpc) is 2.98. The number of carbonyl (C=O) groups is 1. The summed E-state index contributed by atoms with van der Waals surface area (Å²) in [6.45, 7) is 0.759. The second-order valence-electron chi connectivity index (χ2n) is 4.65. The normalized spacial score (nSPS) is 10.9. The summed E-state index contributed by atoms with van der Waals surface area (Å²) in [5, 5.41) is 14.6. The molecule has 20 heavy (non-hydrogen) atoms. The van der Waals surface area contributed by atoms with Crippen molar-refractivity contribution >= 4 is 11.5 Å². The van der Waals surface area contributed by atoms with Crippen molar-refractivity contribution in [1.29, 1.82) is 0 Å². The van der Waals surface area contributed by atoms with Crippen molar-refractivity contribution in [2.75, 3.05) is 13.6 Å². The highest BCUT2D eigenvalue weighted by Crippen LogP contribution is 2.13. The zero-order valence-electron chi connectivity index (χ0n) is 11.2. The molecular weight excluding hydrogens is 262 g/mol. The van der Waals surface area contributed by atoms with E-state index in [-0.39, 0.29) is 23.7 Å². The molecule has 0 spiro atoms. The Kier molecular flexibility index (Phi) is 3.94. The lowest BCUT2D eigenvalue weighted by Crippen LogP contribution is -2.25. The van der Waals surface area contributed by atoms with Crippen LogP contribution in [-0.4, -0.2) is 44.0 Å². The lowest BCUT2D eigenvalue weighted by Gasteiger charge is -2.13. The van der Waals surface area contributed by atoms with E-state index in [1.807, 2.05) is 25.2 Å². The maximum Gasteiger partial charge on any atom is 0.287 e. The number of aromatic amines is 1. The van der Waals surface area contributed by atoms with Gasteiger partial charge >= 0.3 is 0 Å². The van der Waals surface area contributed by atoms with E-state index in [1.165, 1.54) is 12.3 Å². The Morgan fingerprint density at radius 2 is 2.35 bits per heavy atom. The Morgan fingerprint density at radius 1 is 1.60 bits per heavy atom. The number of likely N-dealkylation sites (N-methyl/N-ethyl adjacent to an activating group) is 1. The molecular formula is C12H15N5O3. The molecule has 8 nitrogen and oxygen atoms in total. The molecule has 2 aromatic rings. The molecule has 0 amide bonds. The maximum absolute atomic E-state index is 12.0. The van der Waals surface area contributed by atoms with Crippen LogP contribution in [0, 0.1) is 10.1 Å². The first-order valence-electron chi connectivity index (χ1n) is 5.98. The first kappa shape index (κ1) is 13.9. The van der Waals surface area contributed by atoms with E-state index < -0.39 is 4.92 Å². The molecule has 0 saturated carbocycles. The zero-order valence-corrected chi connectivity index (χ0v) is 11.2. The minimum Gasteiger partial charge on any atom is -0.353 e. The van der Waals surface area contributed by atoms with Crippen LogP contribution >= 0.6 is 0 Å². The monoisotopic (exact) mass is 277 g/mol. The predicted molar refractivity (Wildman–Crippen MR) is 71.3 cm³/mol. The molecule has 2 rings (SSSR count). The van der Waals surface area contributed by atoms with Crippen molar-refractivity contribution in [1.82, 2.24) is 19.7 Å². The van der Waals surface area contributed by atoms with E-state index in [1.54, 1.807) is 10.9 Å². The Morgan fingerprint density at radius 3 is 2.90 bits per heavy atom. The van der Waals surface area contributed by atoms with E-state index >= 15 is 0 Å². The van der Waals surface area contributed by atoms with Gasteiger partial charge in [-0.3, -0.25) is 24.5 Å². The Hall–Kier alpha value is -2.48. The Bertz CT molecular complexity index is 631. The molecule has 0 radical (unpaired) electrons. The molecule has 2 heterocycles. The fourth-order valence-electron chi connectivity index (χ4n) is 1.90. The molecule has 0 unspecified atom stereocenters. The van der Waals surface area contributed by atoms with Crippen LogP contribution < -0.4 is 0 Å². The summed E-state index contributed by atoms with van der Waals surface area (Å²) in [4.78, 5) is 26.4. The zero-order chi connectivity index (χ0) is 14.7. The second-order valence-corrected chi connectivity index (χ2v) is 4.65. The van der Waals surface area contributed by atoms with E-state index in [2.05, 4.69) is 10.1 Å². The fraction of sp³-hybridized carbons (Fsp3) is 0.333. The van der Waals surface area contributed by atoms with Gasteiger partial charge in [-0.25, -0.2) is 0 Å². The van der Waals surface area contributed by atoms with Gasteiger partial charge in [0.05, 0.1) is 29.6 Å². The summed E-state index contributed by atoms with van der Waals surface area (Å²) < 4.78 is 1.69. The van der Waals surface area contributed by atoms with Gasteiger partial charge in [0, 0.05) is 31.4 Å². The Balaban J connectivity index is 1.94. The largest absolute Gasteiger partial charge is 0.353 e. The van der Waals surface area contributed by atoms with E-state index in [0.29, 0.717) is 6.54 Å². The third kappa shape index (κ3) is 3.29. The summed E-state index contributed by atoms with van der Waals surface area (Å²) in [5.74, 6) is -0.190. The van der Waals surface area contributed by atoms with Crippen LogP contribution in [0.2, 0.25) is 0 Å². The molecule has 0 aliphatic carbocycles. The van der Waals surface area contributed by atoms with Crippen LogP contribution in [0.25, 0.3) is 0 Å². The van der Waals surface area contributed by atoms with Gasteiger partial charge < -0.3 is 4.98 Å². The van der Waals surface area contributed by atoms with Gasteiger partial charge in [-0.05, 0) is 7.05 Å². The van der Waals surface area contributed by atoms with E-state index in [9.17, 15) is 14.9 Å². The lowest BCUT2D eigenvalue weighted by atomic mass is 10.2. The number of aryl methyl sites for hydroxylation is 1. The van der Waals surface area contributed by atoms with Crippen LogP contribution in [0.15, 0.2) is 24.7 Å². The lowest BCUT2D eigenvalue weighted by molar-refractivity contribution is -0.384. The molecule has 0 fully saturated rings. The third-order valence-corrected chi connectivity index (χ3v) is 2.80. The van der Waals surface area contributed by atoms with Crippen molar-refractivity contribution in [2.45, 2.75) is 6.54 Å². The van der Waals surface area contributed by atoms with Gasteiger partial charge in [0.25, 0.3) is 5.69 Å². The number of H-pyrrole nitrogens is 1. The molecule has 0 aliphatic rings. The molecule has 1 N–H and O–H groups in total. The van der Waals surface area contributed by atoms with Crippen molar-refractivity contribution < 1.29 is 9.72 Å². The molecule has 0 aromatic carbocycles. The van der Waals surface area contributed by atoms with Crippen molar-refractivity contribution in [3.8, 4) is 0 Å². The molecule has 2 aromatic heterocycles. The van der Waals surface area contributed by atoms with Crippen molar-refractivity contribution in [3.05, 3.63) is 46.0 Å². The van der Waals surface area contributed by atoms with Crippen LogP contribution in [0.4, 0.5) is 5.69 Å². The van der Waals surface area contributed by atoms with Crippen molar-refractivity contribution in [2.24, 2.45) is 7.05 Å². The number of nitrogens with one attached hydrogen (secondary N) is 1. The molecule has 106 valence electrons. The highest BCUT2D eigenvalue weighted by Gasteiger charge is 2.16. The van der Waals surface area contributed by atoms with Gasteiger partial charge in [-0.15, -0.1) is 0 Å². The number of nitro groups is 1. The number of nitrogens with zero attached hydrogens (tertiary/aromatic N) is 4. The minimum absolute atomic E-state index is 0.108. The summed E-state index contributed by atoms with van der Waals surface area (Å²) in [6, 6.07) is 1.25. The number of aromatic nitrogens is 3. The van der Waals surface area contributed by atoms with Crippen LogP contribution in [0.5, 0.6) is 0 Å². The molecule has 0 atom stereocenters. The maximum atomic E-state index is 12.0. The molecule has 0 saturated heterocycles. The molecule has 0 bridgehead atoms. The van der Waals surface area contributed by atoms with E-state index in [0.717, 1.165) is 5.56 Å². The Labute approximate surface area is 115 Å². The summed E-state index contributed by atoms with van der Waals surface area (Å²) >= 11 is 0. The standard InChI is InChI=1S/C12H15N5O3/c1-15(6-9-4-14-16(2)7-9)8-12(18)11-3-10(5-13-11)17(19)20/h3-5,7,13H,6,8H2,1-2H3. The predicted octanol–water partition coefficient (Wildman–Crippen LogP) is 0.971. The quantitative estimate of drug-likeness (QED) is 0.482. The topological polar surface area (TPSA) is 97.1 Å². The van der Waals surface area contributed by atoms with Crippen LogP contribution in [-0.2, 0) is 13.6 Å². The minimum atomic E-state index is -0.535. The van der Waals surface area contributed by atoms with Gasteiger partial charge in [0.2, 0.25) is 0 Å². The number of Topliss-reactive ketones (excluding diaryl/α,β-unsaturated/α-hetero) is 1. The average molecular weight is 277 g/mol. The fourth-order valence-corrected chi connectivity index (χ4v) is 1.90. The molecule has 0 aliphatic heterocycles. The van der Waals surface area contributed by atoms with Gasteiger partial charge in [-0.2, -0.15) is 5.10 Å². The van der Waals surface area contributed by atoms with Crippen molar-refractivity contribution in [3.63, 3.8) is 0 Å². The third-order valence-electron chi connectivity index (χ3n) is 2.80. The van der Waals surface area contributed by atoms with Gasteiger partial charge in [0.1, 0.15) is 0 Å². The SMILES string of the molecule is CN(CC(=O)c1cc([N+](=O)[O-])c[nH]1)Cc1cnn(C)c1. The van der Waals surface area contributed by atoms with Crippen LogP contribution in [0.3, 0.4) is 0 Å². The summed E-state index contributed by atoms with van der Waals surface area (Å²) in [6.07, 6.45) is 4.83. The highest BCUT2D eigenvalue weighted by atomic mass is 16.6. The molecule has 8 heteroatoms. The summed E-state index contributed by atoms with van der Waals surface area (Å²) in [5.41, 5.74) is 1.14. The number of hydrogen-bond acceptors (Lipinski definition) is 5.